The van der Waals surface area contributed by atoms with Crippen LogP contribution < -0.4 is 15.8 Å². The highest BCUT2D eigenvalue weighted by Gasteiger charge is 2.09. The van der Waals surface area contributed by atoms with Crippen LogP contribution in [0.1, 0.15) is 0 Å². The van der Waals surface area contributed by atoms with Crippen LogP contribution in [0.5, 0.6) is 0 Å². The molecular formula is C9H14ClN3O. The van der Waals surface area contributed by atoms with E-state index in [1.165, 1.54) is 0 Å². The Labute approximate surface area is 88.7 Å². The van der Waals surface area contributed by atoms with Gasteiger partial charge in [-0.1, -0.05) is 0 Å². The van der Waals surface area contributed by atoms with Gasteiger partial charge in [0.1, 0.15) is 0 Å². The molecular weight excluding hydrogens is 202 g/mol. The number of pyridine rings is 1. The van der Waals surface area contributed by atoms with E-state index in [0.29, 0.717) is 0 Å². The zero-order valence-electron chi connectivity index (χ0n) is 7.82. The van der Waals surface area contributed by atoms with Crippen molar-refractivity contribution in [2.24, 2.45) is 0 Å². The van der Waals surface area contributed by atoms with Gasteiger partial charge in [-0.2, -0.15) is 0 Å². The van der Waals surface area contributed by atoms with Gasteiger partial charge in [-0.3, -0.25) is 4.79 Å². The van der Waals surface area contributed by atoms with Gasteiger partial charge < -0.3 is 15.2 Å². The lowest BCUT2D eigenvalue weighted by atomic mass is 10.3. The van der Waals surface area contributed by atoms with E-state index in [4.69, 9.17) is 0 Å². The maximum atomic E-state index is 11.0. The first-order valence-electron chi connectivity index (χ1n) is 4.51. The highest BCUT2D eigenvalue weighted by molar-refractivity contribution is 5.85. The van der Waals surface area contributed by atoms with Gasteiger partial charge in [0.2, 0.25) is 5.56 Å². The second kappa shape index (κ2) is 5.02. The van der Waals surface area contributed by atoms with Crippen LogP contribution >= 0.6 is 12.4 Å². The Kier molecular flexibility index (Phi) is 3.98. The second-order valence-corrected chi connectivity index (χ2v) is 3.15. The topological polar surface area (TPSA) is 48.1 Å². The normalized spacial score (nSPS) is 16.1. The van der Waals surface area contributed by atoms with Crippen LogP contribution in [-0.2, 0) is 0 Å². The molecule has 1 aliphatic heterocycles. The first kappa shape index (κ1) is 11.1. The first-order valence-corrected chi connectivity index (χ1v) is 4.51. The van der Waals surface area contributed by atoms with Crippen LogP contribution in [0.4, 0.5) is 5.69 Å². The molecule has 1 saturated heterocycles. The lowest BCUT2D eigenvalue weighted by Gasteiger charge is -2.29. The van der Waals surface area contributed by atoms with E-state index in [1.54, 1.807) is 12.3 Å². The average Bonchev–Trinajstić information content (AvgIpc) is 2.19. The average molecular weight is 216 g/mol. The number of hydrogen-bond acceptors (Lipinski definition) is 3. The minimum Gasteiger partial charge on any atom is -0.369 e. The molecule has 5 heteroatoms. The van der Waals surface area contributed by atoms with E-state index in [-0.39, 0.29) is 18.0 Å². The van der Waals surface area contributed by atoms with Crippen LogP contribution in [0.15, 0.2) is 23.1 Å². The van der Waals surface area contributed by atoms with Gasteiger partial charge in [-0.15, -0.1) is 12.4 Å². The highest BCUT2D eigenvalue weighted by Crippen LogP contribution is 2.09. The van der Waals surface area contributed by atoms with Crippen molar-refractivity contribution in [3.63, 3.8) is 0 Å². The maximum absolute atomic E-state index is 11.0. The van der Waals surface area contributed by atoms with Crippen molar-refractivity contribution in [2.45, 2.75) is 0 Å². The molecule has 0 spiro atoms. The molecule has 0 radical (unpaired) electrons. The molecule has 2 N–H and O–H groups in total. The molecule has 4 nitrogen and oxygen atoms in total. The smallest absolute Gasteiger partial charge is 0.249 e. The number of anilines is 1. The fourth-order valence-electron chi connectivity index (χ4n) is 1.55. The predicted molar refractivity (Wildman–Crippen MR) is 59.4 cm³/mol. The Hall–Kier alpha value is -1.00. The van der Waals surface area contributed by atoms with Crippen molar-refractivity contribution in [1.82, 2.24) is 10.3 Å². The molecule has 2 heterocycles. The van der Waals surface area contributed by atoms with Gasteiger partial charge in [-0.25, -0.2) is 0 Å². The lowest BCUT2D eigenvalue weighted by Crippen LogP contribution is -2.43. The van der Waals surface area contributed by atoms with Gasteiger partial charge in [0.25, 0.3) is 0 Å². The summed E-state index contributed by atoms with van der Waals surface area (Å²) in [6.07, 6.45) is 1.69. The van der Waals surface area contributed by atoms with Gasteiger partial charge >= 0.3 is 0 Å². The Bertz CT molecular complexity index is 333. The molecule has 1 aromatic rings. The number of hydrogen-bond donors (Lipinski definition) is 2. The number of H-pyrrole nitrogens is 1. The summed E-state index contributed by atoms with van der Waals surface area (Å²) < 4.78 is 0. The third kappa shape index (κ3) is 2.49. The number of nitrogens with one attached hydrogen (secondary N) is 2. The summed E-state index contributed by atoms with van der Waals surface area (Å²) in [6.45, 7) is 3.94. The van der Waals surface area contributed by atoms with Gasteiger partial charge in [0.15, 0.2) is 0 Å². The van der Waals surface area contributed by atoms with Crippen LogP contribution in [0.2, 0.25) is 0 Å². The molecule has 0 bridgehead atoms. The molecule has 0 aromatic carbocycles. The number of rotatable bonds is 1. The fraction of sp³-hybridized carbons (Fsp3) is 0.444. The molecule has 1 aromatic heterocycles. The molecule has 0 aliphatic carbocycles. The maximum Gasteiger partial charge on any atom is 0.249 e. The zero-order valence-corrected chi connectivity index (χ0v) is 8.64. The summed E-state index contributed by atoms with van der Waals surface area (Å²) in [5.74, 6) is 0. The summed E-state index contributed by atoms with van der Waals surface area (Å²) in [6, 6.07) is 3.58. The fourth-order valence-corrected chi connectivity index (χ4v) is 1.55. The van der Waals surface area contributed by atoms with Crippen molar-refractivity contribution < 1.29 is 0 Å². The number of nitrogens with zero attached hydrogens (tertiary/aromatic N) is 1. The van der Waals surface area contributed by atoms with Crippen molar-refractivity contribution in [1.29, 1.82) is 0 Å². The van der Waals surface area contributed by atoms with E-state index in [1.807, 2.05) is 6.07 Å². The van der Waals surface area contributed by atoms with Crippen molar-refractivity contribution >= 4 is 18.1 Å². The highest BCUT2D eigenvalue weighted by atomic mass is 35.5. The second-order valence-electron chi connectivity index (χ2n) is 3.15. The Morgan fingerprint density at radius 3 is 2.64 bits per heavy atom. The largest absolute Gasteiger partial charge is 0.369 e. The first-order chi connectivity index (χ1) is 6.36. The molecule has 0 saturated carbocycles. The summed E-state index contributed by atoms with van der Waals surface area (Å²) in [5.41, 5.74) is 0.987. The molecule has 0 unspecified atom stereocenters. The number of aromatic nitrogens is 1. The summed E-state index contributed by atoms with van der Waals surface area (Å²) >= 11 is 0. The predicted octanol–water partition coefficient (Wildman–Crippen LogP) is 0.206. The SMILES string of the molecule is Cl.O=c1cc(N2CCNCC2)cc[nH]1. The van der Waals surface area contributed by atoms with Crippen molar-refractivity contribution in [2.75, 3.05) is 31.1 Å². The van der Waals surface area contributed by atoms with Crippen LogP contribution in [0, 0.1) is 0 Å². The number of piperazine rings is 1. The van der Waals surface area contributed by atoms with E-state index in [2.05, 4.69) is 15.2 Å². The molecule has 0 atom stereocenters. The summed E-state index contributed by atoms with van der Waals surface area (Å²) in [5, 5.41) is 3.27. The quantitative estimate of drug-likeness (QED) is 0.704. The Morgan fingerprint density at radius 2 is 2.00 bits per heavy atom. The van der Waals surface area contributed by atoms with Gasteiger partial charge in [0.05, 0.1) is 0 Å². The monoisotopic (exact) mass is 215 g/mol. The van der Waals surface area contributed by atoms with E-state index >= 15 is 0 Å². The molecule has 14 heavy (non-hydrogen) atoms. The van der Waals surface area contributed by atoms with Gasteiger partial charge in [0, 0.05) is 44.1 Å². The van der Waals surface area contributed by atoms with Crippen molar-refractivity contribution in [3.8, 4) is 0 Å². The van der Waals surface area contributed by atoms with E-state index in [0.717, 1.165) is 31.9 Å². The summed E-state index contributed by atoms with van der Waals surface area (Å²) in [4.78, 5) is 15.9. The van der Waals surface area contributed by atoms with Gasteiger partial charge in [-0.05, 0) is 6.07 Å². The van der Waals surface area contributed by atoms with Crippen molar-refractivity contribution in [3.05, 3.63) is 28.7 Å². The third-order valence-corrected chi connectivity index (χ3v) is 2.24. The van der Waals surface area contributed by atoms with E-state index in [9.17, 15) is 4.79 Å². The molecule has 1 fully saturated rings. The summed E-state index contributed by atoms with van der Waals surface area (Å²) in [7, 11) is 0. The minimum atomic E-state index is -0.0315. The zero-order chi connectivity index (χ0) is 9.10. The molecule has 78 valence electrons. The lowest BCUT2D eigenvalue weighted by molar-refractivity contribution is 0.589. The molecule has 2 rings (SSSR count). The molecule has 1 aliphatic rings. The Morgan fingerprint density at radius 1 is 1.29 bits per heavy atom. The van der Waals surface area contributed by atoms with Crippen LogP contribution in [-0.4, -0.2) is 31.2 Å². The van der Waals surface area contributed by atoms with Crippen LogP contribution in [0.3, 0.4) is 0 Å². The molecule has 0 amide bonds. The standard InChI is InChI=1S/C9H13N3O.ClH/c13-9-7-8(1-2-11-9)12-5-3-10-4-6-12;/h1-2,7,10H,3-6H2,(H,11,13);1H. The Balaban J connectivity index is 0.000000980. The number of halogens is 1. The number of aromatic amines is 1. The van der Waals surface area contributed by atoms with E-state index < -0.39 is 0 Å². The minimum absolute atomic E-state index is 0. The van der Waals surface area contributed by atoms with Crippen LogP contribution in [0.25, 0.3) is 0 Å². The third-order valence-electron chi connectivity index (χ3n) is 2.24.